The van der Waals surface area contributed by atoms with Gasteiger partial charge in [-0.05, 0) is 51.6 Å². The van der Waals surface area contributed by atoms with Gasteiger partial charge in [0.25, 0.3) is 0 Å². The molecular weight excluding hydrogens is 364 g/mol. The number of nitrogens with one attached hydrogen (secondary N) is 1. The second kappa shape index (κ2) is 19.3. The Bertz CT molecular complexity index is 373. The fourth-order valence-corrected chi connectivity index (χ4v) is 4.04. The second-order valence-electron chi connectivity index (χ2n) is 8.79. The summed E-state index contributed by atoms with van der Waals surface area (Å²) in [5.41, 5.74) is 2.59. The van der Waals surface area contributed by atoms with Crippen molar-refractivity contribution >= 4 is 5.91 Å². The third kappa shape index (κ3) is 16.8. The summed E-state index contributed by atoms with van der Waals surface area (Å²) in [6, 6.07) is 0. The fourth-order valence-electron chi connectivity index (χ4n) is 4.04. The molecule has 0 aromatic rings. The molecule has 1 saturated heterocycles. The molecule has 0 saturated carbocycles. The van der Waals surface area contributed by atoms with Crippen LogP contribution in [0.2, 0.25) is 0 Å². The molecule has 29 heavy (non-hydrogen) atoms. The van der Waals surface area contributed by atoms with Gasteiger partial charge in [0.1, 0.15) is 0 Å². The lowest BCUT2D eigenvalue weighted by Gasteiger charge is -2.26. The largest absolute Gasteiger partial charge is 0.393 e. The first kappa shape index (κ1) is 26.4. The summed E-state index contributed by atoms with van der Waals surface area (Å²) in [7, 11) is 0. The number of carbonyl (C=O) groups is 1. The first-order valence-corrected chi connectivity index (χ1v) is 12.5. The van der Waals surface area contributed by atoms with Crippen molar-refractivity contribution in [3.05, 3.63) is 0 Å². The molecule has 2 N–H and O–H groups in total. The number of carbonyl (C=O) groups excluding carboxylic acids is 1. The van der Waals surface area contributed by atoms with Crippen LogP contribution in [0.3, 0.4) is 0 Å². The Morgan fingerprint density at radius 1 is 0.897 bits per heavy atom. The molecule has 0 radical (unpaired) electrons. The number of hydrogen-bond acceptors (Lipinski definition) is 4. The molecule has 0 aromatic carbocycles. The number of unbranched alkanes of at least 4 members (excludes halogenated alkanes) is 8. The van der Waals surface area contributed by atoms with E-state index in [0.29, 0.717) is 13.0 Å². The van der Waals surface area contributed by atoms with Crippen LogP contribution >= 0.6 is 0 Å². The third-order valence-electron chi connectivity index (χ3n) is 5.94. The molecule has 0 aromatic heterocycles. The highest BCUT2D eigenvalue weighted by atomic mass is 16.6. The van der Waals surface area contributed by atoms with E-state index in [4.69, 9.17) is 4.84 Å². The molecule has 5 heteroatoms. The maximum Gasteiger partial charge on any atom is 0.243 e. The highest BCUT2D eigenvalue weighted by Gasteiger charge is 2.09. The van der Waals surface area contributed by atoms with E-state index in [-0.39, 0.29) is 12.0 Å². The van der Waals surface area contributed by atoms with Crippen molar-refractivity contribution in [3.63, 3.8) is 0 Å². The number of amides is 1. The van der Waals surface area contributed by atoms with Gasteiger partial charge in [0.05, 0.1) is 12.7 Å². The van der Waals surface area contributed by atoms with E-state index < -0.39 is 0 Å². The average molecular weight is 413 g/mol. The monoisotopic (exact) mass is 412 g/mol. The van der Waals surface area contributed by atoms with Crippen molar-refractivity contribution < 1.29 is 14.7 Å². The van der Waals surface area contributed by atoms with Crippen LogP contribution in [0.1, 0.15) is 116 Å². The first-order chi connectivity index (χ1) is 14.2. The highest BCUT2D eigenvalue weighted by Crippen LogP contribution is 2.13. The van der Waals surface area contributed by atoms with Gasteiger partial charge in [0, 0.05) is 13.0 Å². The predicted octanol–water partition coefficient (Wildman–Crippen LogP) is 5.36. The number of rotatable bonds is 19. The molecule has 1 unspecified atom stereocenters. The Morgan fingerprint density at radius 2 is 1.52 bits per heavy atom. The summed E-state index contributed by atoms with van der Waals surface area (Å²) in [6.07, 6.45) is 19.2. The van der Waals surface area contributed by atoms with Crippen LogP contribution < -0.4 is 5.48 Å². The van der Waals surface area contributed by atoms with Gasteiger partial charge >= 0.3 is 0 Å². The van der Waals surface area contributed by atoms with E-state index in [1.807, 2.05) is 0 Å². The highest BCUT2D eigenvalue weighted by molar-refractivity contribution is 5.74. The second-order valence-corrected chi connectivity index (χ2v) is 8.79. The molecule has 1 fully saturated rings. The van der Waals surface area contributed by atoms with Crippen LogP contribution in [-0.2, 0) is 9.63 Å². The molecule has 1 rings (SSSR count). The van der Waals surface area contributed by atoms with Crippen LogP contribution in [0.25, 0.3) is 0 Å². The summed E-state index contributed by atoms with van der Waals surface area (Å²) >= 11 is 0. The molecule has 1 heterocycles. The van der Waals surface area contributed by atoms with Gasteiger partial charge in [0.15, 0.2) is 0 Å². The molecule has 1 aliphatic heterocycles. The lowest BCUT2D eigenvalue weighted by Crippen LogP contribution is -2.32. The fraction of sp³-hybridized carbons (Fsp3) is 0.958. The number of aliphatic hydroxyl groups is 1. The zero-order valence-electron chi connectivity index (χ0n) is 19.1. The maximum atomic E-state index is 11.8. The SMILES string of the molecule is CCCCC(O)CCCCCCCCCCC(=O)NOCCCN1CCCCC1. The normalized spacial score (nSPS) is 16.1. The minimum atomic E-state index is -0.0836. The zero-order valence-corrected chi connectivity index (χ0v) is 19.1. The van der Waals surface area contributed by atoms with Gasteiger partial charge in [-0.3, -0.25) is 9.63 Å². The number of nitrogens with zero attached hydrogens (tertiary/aromatic N) is 1. The number of hydroxylamine groups is 1. The van der Waals surface area contributed by atoms with E-state index in [2.05, 4.69) is 17.3 Å². The van der Waals surface area contributed by atoms with Crippen molar-refractivity contribution in [2.75, 3.05) is 26.2 Å². The molecule has 0 bridgehead atoms. The van der Waals surface area contributed by atoms with Crippen LogP contribution in [0.5, 0.6) is 0 Å². The molecule has 1 atom stereocenters. The molecule has 0 aliphatic carbocycles. The van der Waals surface area contributed by atoms with Gasteiger partial charge < -0.3 is 10.0 Å². The van der Waals surface area contributed by atoms with E-state index in [1.54, 1.807) is 0 Å². The predicted molar refractivity (Wildman–Crippen MR) is 121 cm³/mol. The van der Waals surface area contributed by atoms with E-state index in [1.165, 1.54) is 70.9 Å². The van der Waals surface area contributed by atoms with Gasteiger partial charge in [0.2, 0.25) is 5.91 Å². The van der Waals surface area contributed by atoms with Crippen molar-refractivity contribution in [2.24, 2.45) is 0 Å². The van der Waals surface area contributed by atoms with Gasteiger partial charge in [-0.25, -0.2) is 5.48 Å². The quantitative estimate of drug-likeness (QED) is 0.221. The summed E-state index contributed by atoms with van der Waals surface area (Å²) in [5, 5.41) is 9.82. The van der Waals surface area contributed by atoms with E-state index >= 15 is 0 Å². The van der Waals surface area contributed by atoms with Crippen LogP contribution in [0.15, 0.2) is 0 Å². The summed E-state index contributed by atoms with van der Waals surface area (Å²) in [6.45, 7) is 6.29. The Balaban J connectivity index is 1.76. The Hall–Kier alpha value is -0.650. The van der Waals surface area contributed by atoms with Crippen molar-refractivity contribution in [1.82, 2.24) is 10.4 Å². The Kier molecular flexibility index (Phi) is 17.6. The summed E-state index contributed by atoms with van der Waals surface area (Å²) < 4.78 is 0. The van der Waals surface area contributed by atoms with Crippen LogP contribution in [0, 0.1) is 0 Å². The van der Waals surface area contributed by atoms with Crippen LogP contribution in [-0.4, -0.2) is 48.3 Å². The Morgan fingerprint density at radius 3 is 2.21 bits per heavy atom. The molecule has 5 nitrogen and oxygen atoms in total. The van der Waals surface area contributed by atoms with Crippen molar-refractivity contribution in [3.8, 4) is 0 Å². The zero-order chi connectivity index (χ0) is 21.0. The van der Waals surface area contributed by atoms with E-state index in [0.717, 1.165) is 51.5 Å². The lowest BCUT2D eigenvalue weighted by molar-refractivity contribution is -0.133. The van der Waals surface area contributed by atoms with Crippen molar-refractivity contribution in [2.45, 2.75) is 122 Å². The summed E-state index contributed by atoms with van der Waals surface area (Å²) in [4.78, 5) is 19.6. The number of likely N-dealkylation sites (tertiary alicyclic amines) is 1. The molecule has 1 amide bonds. The van der Waals surface area contributed by atoms with Gasteiger partial charge in [-0.15, -0.1) is 0 Å². The van der Waals surface area contributed by atoms with Crippen LogP contribution in [0.4, 0.5) is 0 Å². The average Bonchev–Trinajstić information content (AvgIpc) is 2.74. The smallest absolute Gasteiger partial charge is 0.243 e. The van der Waals surface area contributed by atoms with Crippen molar-refractivity contribution in [1.29, 1.82) is 0 Å². The van der Waals surface area contributed by atoms with E-state index in [9.17, 15) is 9.90 Å². The maximum absolute atomic E-state index is 11.8. The number of hydrogen-bond donors (Lipinski definition) is 2. The number of aliphatic hydroxyl groups excluding tert-OH is 1. The minimum absolute atomic E-state index is 0.0182. The Labute approximate surface area is 179 Å². The third-order valence-corrected chi connectivity index (χ3v) is 5.94. The number of piperidine rings is 1. The standard InChI is InChI=1S/C24H48N2O3/c1-2-3-16-23(27)17-11-8-6-4-5-7-9-12-18-24(28)25-29-22-15-21-26-19-13-10-14-20-26/h23,27H,2-22H2,1H3,(H,25,28). The summed E-state index contributed by atoms with van der Waals surface area (Å²) in [5.74, 6) is 0.0182. The van der Waals surface area contributed by atoms with Gasteiger partial charge in [-0.1, -0.05) is 71.1 Å². The first-order valence-electron chi connectivity index (χ1n) is 12.5. The minimum Gasteiger partial charge on any atom is -0.393 e. The molecule has 1 aliphatic rings. The molecular formula is C24H48N2O3. The van der Waals surface area contributed by atoms with Gasteiger partial charge in [-0.2, -0.15) is 0 Å². The topological polar surface area (TPSA) is 61.8 Å². The molecule has 0 spiro atoms. The molecule has 172 valence electrons. The lowest BCUT2D eigenvalue weighted by atomic mass is 10.0.